The Balaban J connectivity index is 2.58. The summed E-state index contributed by atoms with van der Waals surface area (Å²) in [5.74, 6) is 0.327. The second kappa shape index (κ2) is 5.99. The van der Waals surface area contributed by atoms with E-state index in [0.29, 0.717) is 18.8 Å². The van der Waals surface area contributed by atoms with Crippen molar-refractivity contribution in [3.05, 3.63) is 0 Å². The first-order valence-corrected chi connectivity index (χ1v) is 6.16. The van der Waals surface area contributed by atoms with Gasteiger partial charge >= 0.3 is 0 Å². The minimum Gasteiger partial charge on any atom is -0.295 e. The number of likely N-dealkylation sites (N-methyl/N-ethyl adjacent to an activating group) is 1. The van der Waals surface area contributed by atoms with Crippen molar-refractivity contribution in [1.29, 1.82) is 0 Å². The number of amides is 2. The molecule has 1 aliphatic rings. The van der Waals surface area contributed by atoms with Crippen molar-refractivity contribution in [3.63, 3.8) is 0 Å². The zero-order valence-corrected chi connectivity index (χ0v) is 10.5. The highest BCUT2D eigenvalue weighted by molar-refractivity contribution is 6.00. The van der Waals surface area contributed by atoms with E-state index in [1.807, 2.05) is 0 Å². The van der Waals surface area contributed by atoms with Gasteiger partial charge in [0.1, 0.15) is 0 Å². The molecule has 1 saturated heterocycles. The van der Waals surface area contributed by atoms with E-state index >= 15 is 0 Å². The molecule has 0 aliphatic carbocycles. The SMILES string of the molecule is CCC(C)CN(CC)C1CCC(=O)NC1=O. The monoisotopic (exact) mass is 226 g/mol. The Kier molecular flexibility index (Phi) is 4.93. The molecule has 0 spiro atoms. The summed E-state index contributed by atoms with van der Waals surface area (Å²) in [6, 6.07) is -0.114. The number of rotatable bonds is 5. The van der Waals surface area contributed by atoms with E-state index in [-0.39, 0.29) is 17.9 Å². The van der Waals surface area contributed by atoms with E-state index in [1.165, 1.54) is 0 Å². The van der Waals surface area contributed by atoms with Crippen molar-refractivity contribution in [1.82, 2.24) is 10.2 Å². The van der Waals surface area contributed by atoms with Crippen LogP contribution in [0.4, 0.5) is 0 Å². The van der Waals surface area contributed by atoms with Gasteiger partial charge in [-0.15, -0.1) is 0 Å². The topological polar surface area (TPSA) is 49.4 Å². The quantitative estimate of drug-likeness (QED) is 0.716. The summed E-state index contributed by atoms with van der Waals surface area (Å²) in [7, 11) is 0. The van der Waals surface area contributed by atoms with Crippen LogP contribution in [0.2, 0.25) is 0 Å². The maximum absolute atomic E-state index is 11.7. The molecule has 2 unspecified atom stereocenters. The molecular weight excluding hydrogens is 204 g/mol. The number of hydrogen-bond acceptors (Lipinski definition) is 3. The van der Waals surface area contributed by atoms with Crippen LogP contribution in [-0.4, -0.2) is 35.8 Å². The van der Waals surface area contributed by atoms with E-state index < -0.39 is 0 Å². The smallest absolute Gasteiger partial charge is 0.243 e. The molecule has 2 atom stereocenters. The summed E-state index contributed by atoms with van der Waals surface area (Å²) in [4.78, 5) is 24.9. The zero-order chi connectivity index (χ0) is 12.1. The highest BCUT2D eigenvalue weighted by atomic mass is 16.2. The maximum atomic E-state index is 11.7. The third-order valence-corrected chi connectivity index (χ3v) is 3.30. The van der Waals surface area contributed by atoms with E-state index in [2.05, 4.69) is 31.0 Å². The van der Waals surface area contributed by atoms with Gasteiger partial charge in [-0.2, -0.15) is 0 Å². The number of carbonyl (C=O) groups excluding carboxylic acids is 2. The molecule has 0 aromatic rings. The van der Waals surface area contributed by atoms with Crippen LogP contribution in [0.1, 0.15) is 40.0 Å². The number of hydrogen-bond donors (Lipinski definition) is 1. The van der Waals surface area contributed by atoms with Crippen molar-refractivity contribution >= 4 is 11.8 Å². The molecule has 0 radical (unpaired) electrons. The van der Waals surface area contributed by atoms with Gasteiger partial charge in [0.2, 0.25) is 11.8 Å². The van der Waals surface area contributed by atoms with Gasteiger partial charge in [-0.25, -0.2) is 0 Å². The largest absolute Gasteiger partial charge is 0.295 e. The Morgan fingerprint density at radius 2 is 2.12 bits per heavy atom. The van der Waals surface area contributed by atoms with Crippen LogP contribution < -0.4 is 5.32 Å². The third-order valence-electron chi connectivity index (χ3n) is 3.30. The first-order valence-electron chi connectivity index (χ1n) is 6.16. The van der Waals surface area contributed by atoms with Crippen LogP contribution >= 0.6 is 0 Å². The Labute approximate surface area is 97.4 Å². The summed E-state index contributed by atoms with van der Waals surface area (Å²) >= 11 is 0. The predicted octanol–water partition coefficient (Wildman–Crippen LogP) is 1.16. The Hall–Kier alpha value is -0.900. The van der Waals surface area contributed by atoms with Crippen molar-refractivity contribution in [2.45, 2.75) is 46.1 Å². The van der Waals surface area contributed by atoms with E-state index in [0.717, 1.165) is 19.5 Å². The number of imide groups is 1. The molecule has 0 bridgehead atoms. The van der Waals surface area contributed by atoms with Crippen LogP contribution in [0, 0.1) is 5.92 Å². The number of nitrogens with zero attached hydrogens (tertiary/aromatic N) is 1. The van der Waals surface area contributed by atoms with E-state index in [4.69, 9.17) is 0 Å². The average Bonchev–Trinajstić information content (AvgIpc) is 2.26. The molecule has 1 heterocycles. The molecular formula is C12H22N2O2. The highest BCUT2D eigenvalue weighted by Crippen LogP contribution is 2.15. The first kappa shape index (κ1) is 13.2. The fourth-order valence-corrected chi connectivity index (χ4v) is 2.04. The predicted molar refractivity (Wildman–Crippen MR) is 62.9 cm³/mol. The van der Waals surface area contributed by atoms with Gasteiger partial charge in [0.05, 0.1) is 6.04 Å². The van der Waals surface area contributed by atoms with Crippen molar-refractivity contribution in [3.8, 4) is 0 Å². The molecule has 0 aromatic carbocycles. The summed E-state index contributed by atoms with van der Waals surface area (Å²) in [5.41, 5.74) is 0. The Bertz CT molecular complexity index is 266. The highest BCUT2D eigenvalue weighted by Gasteiger charge is 2.31. The lowest BCUT2D eigenvalue weighted by Gasteiger charge is -2.33. The summed E-state index contributed by atoms with van der Waals surface area (Å²) in [6.07, 6.45) is 2.24. The van der Waals surface area contributed by atoms with Gasteiger partial charge in [-0.1, -0.05) is 27.2 Å². The summed E-state index contributed by atoms with van der Waals surface area (Å²) < 4.78 is 0. The number of nitrogens with one attached hydrogen (secondary N) is 1. The summed E-state index contributed by atoms with van der Waals surface area (Å²) in [6.45, 7) is 8.19. The Morgan fingerprint density at radius 3 is 2.62 bits per heavy atom. The minimum atomic E-state index is -0.138. The van der Waals surface area contributed by atoms with Gasteiger partial charge < -0.3 is 0 Å². The van der Waals surface area contributed by atoms with Gasteiger partial charge in [-0.05, 0) is 18.9 Å². The van der Waals surface area contributed by atoms with Crippen molar-refractivity contribution in [2.24, 2.45) is 5.92 Å². The van der Waals surface area contributed by atoms with Gasteiger partial charge in [-0.3, -0.25) is 19.8 Å². The molecule has 4 nitrogen and oxygen atoms in total. The van der Waals surface area contributed by atoms with Gasteiger partial charge in [0.15, 0.2) is 0 Å². The minimum absolute atomic E-state index is 0.114. The maximum Gasteiger partial charge on any atom is 0.243 e. The molecule has 0 saturated carbocycles. The zero-order valence-electron chi connectivity index (χ0n) is 10.5. The van der Waals surface area contributed by atoms with E-state index in [9.17, 15) is 9.59 Å². The molecule has 1 N–H and O–H groups in total. The van der Waals surface area contributed by atoms with Crippen LogP contribution in [0.15, 0.2) is 0 Å². The molecule has 2 amide bonds. The molecule has 0 aromatic heterocycles. The average molecular weight is 226 g/mol. The second-order valence-electron chi connectivity index (χ2n) is 4.57. The lowest BCUT2D eigenvalue weighted by atomic mass is 10.0. The molecule has 1 rings (SSSR count). The molecule has 16 heavy (non-hydrogen) atoms. The molecule has 1 fully saturated rings. The normalized spacial score (nSPS) is 23.4. The molecule has 4 heteroatoms. The lowest BCUT2D eigenvalue weighted by Crippen LogP contribution is -2.53. The van der Waals surface area contributed by atoms with Gasteiger partial charge in [0.25, 0.3) is 0 Å². The fraction of sp³-hybridized carbons (Fsp3) is 0.833. The standard InChI is InChI=1S/C12H22N2O2/c1-4-9(3)8-14(5-2)10-6-7-11(15)13-12(10)16/h9-10H,4-8H2,1-3H3,(H,13,15,16). The van der Waals surface area contributed by atoms with Crippen molar-refractivity contribution in [2.75, 3.05) is 13.1 Å². The van der Waals surface area contributed by atoms with Crippen LogP contribution in [-0.2, 0) is 9.59 Å². The Morgan fingerprint density at radius 1 is 1.44 bits per heavy atom. The van der Waals surface area contributed by atoms with Crippen LogP contribution in [0.25, 0.3) is 0 Å². The first-order chi connectivity index (χ1) is 7.58. The van der Waals surface area contributed by atoms with Crippen molar-refractivity contribution < 1.29 is 9.59 Å². The fourth-order valence-electron chi connectivity index (χ4n) is 2.04. The number of piperidine rings is 1. The third kappa shape index (κ3) is 3.30. The van der Waals surface area contributed by atoms with E-state index in [1.54, 1.807) is 0 Å². The second-order valence-corrected chi connectivity index (χ2v) is 4.57. The van der Waals surface area contributed by atoms with Crippen LogP contribution in [0.5, 0.6) is 0 Å². The van der Waals surface area contributed by atoms with Crippen LogP contribution in [0.3, 0.4) is 0 Å². The number of carbonyl (C=O) groups is 2. The lowest BCUT2D eigenvalue weighted by molar-refractivity contribution is -0.137. The van der Waals surface area contributed by atoms with Gasteiger partial charge in [0, 0.05) is 13.0 Å². The summed E-state index contributed by atoms with van der Waals surface area (Å²) in [5, 5.41) is 2.42. The molecule has 92 valence electrons. The molecule has 1 aliphatic heterocycles.